The number of fused-ring (bicyclic) bond motifs is 1. The van der Waals surface area contributed by atoms with Gasteiger partial charge >= 0.3 is 0 Å². The van der Waals surface area contributed by atoms with E-state index in [1.165, 1.54) is 11.1 Å². The molecule has 4 aromatic rings. The normalized spacial score (nSPS) is 14.9. The van der Waals surface area contributed by atoms with Crippen LogP contribution in [0.1, 0.15) is 41.4 Å². The lowest BCUT2D eigenvalue weighted by molar-refractivity contribution is 0.179. The summed E-state index contributed by atoms with van der Waals surface area (Å²) in [5.74, 6) is 2.00. The van der Waals surface area contributed by atoms with Crippen LogP contribution < -0.4 is 9.47 Å². The molecular weight excluding hydrogens is 440 g/mol. The second kappa shape index (κ2) is 9.96. The maximum Gasteiger partial charge on any atom is 0.200 e. The van der Waals surface area contributed by atoms with Crippen molar-refractivity contribution in [2.45, 2.75) is 38.8 Å². The van der Waals surface area contributed by atoms with Crippen LogP contribution in [0.15, 0.2) is 54.7 Å². The van der Waals surface area contributed by atoms with Crippen molar-refractivity contribution in [1.82, 2.24) is 19.4 Å². The fourth-order valence-electron chi connectivity index (χ4n) is 5.10. The molecule has 0 radical (unpaired) electrons. The van der Waals surface area contributed by atoms with Crippen LogP contribution in [0, 0.1) is 6.92 Å². The third kappa shape index (κ3) is 4.68. The summed E-state index contributed by atoms with van der Waals surface area (Å²) >= 11 is 0. The van der Waals surface area contributed by atoms with Gasteiger partial charge in [0.2, 0.25) is 5.75 Å². The van der Waals surface area contributed by atoms with Crippen LogP contribution in [0.5, 0.6) is 17.2 Å². The summed E-state index contributed by atoms with van der Waals surface area (Å²) in [7, 11) is 3.11. The van der Waals surface area contributed by atoms with E-state index in [2.05, 4.69) is 46.7 Å². The highest BCUT2D eigenvalue weighted by Crippen LogP contribution is 2.38. The van der Waals surface area contributed by atoms with Gasteiger partial charge in [0.25, 0.3) is 0 Å². The highest BCUT2D eigenvalue weighted by Gasteiger charge is 2.26. The number of rotatable bonds is 7. The van der Waals surface area contributed by atoms with Crippen molar-refractivity contribution >= 4 is 11.2 Å². The molecule has 182 valence electrons. The van der Waals surface area contributed by atoms with Gasteiger partial charge in [0.15, 0.2) is 17.1 Å². The first kappa shape index (κ1) is 23.2. The number of pyridine rings is 1. The van der Waals surface area contributed by atoms with Crippen molar-refractivity contribution in [3.05, 3.63) is 77.2 Å². The van der Waals surface area contributed by atoms with Gasteiger partial charge in [0, 0.05) is 38.3 Å². The Kier molecular flexibility index (Phi) is 6.59. The Morgan fingerprint density at radius 3 is 2.40 bits per heavy atom. The number of aryl methyl sites for hydroxylation is 1. The van der Waals surface area contributed by atoms with Gasteiger partial charge in [-0.1, -0.05) is 24.3 Å². The van der Waals surface area contributed by atoms with E-state index in [1.54, 1.807) is 14.2 Å². The number of phenols is 1. The quantitative estimate of drug-likeness (QED) is 0.413. The zero-order valence-corrected chi connectivity index (χ0v) is 20.6. The lowest BCUT2D eigenvalue weighted by atomic mass is 10.0. The minimum Gasteiger partial charge on any atom is -0.502 e. The predicted octanol–water partition coefficient (Wildman–Crippen LogP) is 4.89. The molecule has 2 aromatic heterocycles. The number of hydrogen-bond donors (Lipinski definition) is 1. The van der Waals surface area contributed by atoms with Crippen molar-refractivity contribution in [3.8, 4) is 17.2 Å². The zero-order chi connectivity index (χ0) is 24.4. The summed E-state index contributed by atoms with van der Waals surface area (Å²) in [4.78, 5) is 12.1. The maximum absolute atomic E-state index is 10.2. The fourth-order valence-corrected chi connectivity index (χ4v) is 5.10. The molecule has 0 spiro atoms. The topological polar surface area (TPSA) is 72.6 Å². The van der Waals surface area contributed by atoms with Gasteiger partial charge in [0.05, 0.1) is 14.2 Å². The average molecular weight is 473 g/mol. The number of ether oxygens (including phenoxy) is 2. The molecule has 1 N–H and O–H groups in total. The van der Waals surface area contributed by atoms with E-state index in [0.717, 1.165) is 61.4 Å². The molecule has 35 heavy (non-hydrogen) atoms. The number of aromatic hydroxyl groups is 1. The summed E-state index contributed by atoms with van der Waals surface area (Å²) in [5.41, 5.74) is 5.58. The Morgan fingerprint density at radius 2 is 1.71 bits per heavy atom. The summed E-state index contributed by atoms with van der Waals surface area (Å²) in [6.45, 7) is 4.87. The number of methoxy groups -OCH3 is 2. The van der Waals surface area contributed by atoms with E-state index in [-0.39, 0.29) is 5.75 Å². The summed E-state index contributed by atoms with van der Waals surface area (Å²) in [5, 5.41) is 10.2. The van der Waals surface area contributed by atoms with E-state index in [0.29, 0.717) is 17.5 Å². The van der Waals surface area contributed by atoms with E-state index in [4.69, 9.17) is 19.4 Å². The first-order valence-corrected chi connectivity index (χ1v) is 12.1. The van der Waals surface area contributed by atoms with Gasteiger partial charge in [-0.15, -0.1) is 0 Å². The van der Waals surface area contributed by atoms with Gasteiger partial charge in [0.1, 0.15) is 11.3 Å². The number of nitrogens with zero attached hydrogens (tertiary/aromatic N) is 4. The maximum atomic E-state index is 10.2. The van der Waals surface area contributed by atoms with Crippen LogP contribution in [-0.4, -0.2) is 51.9 Å². The van der Waals surface area contributed by atoms with Gasteiger partial charge in [-0.3, -0.25) is 4.90 Å². The molecule has 7 nitrogen and oxygen atoms in total. The van der Waals surface area contributed by atoms with Crippen molar-refractivity contribution in [3.63, 3.8) is 0 Å². The first-order chi connectivity index (χ1) is 17.1. The highest BCUT2D eigenvalue weighted by molar-refractivity contribution is 5.71. The number of piperidine rings is 1. The molecule has 0 amide bonds. The van der Waals surface area contributed by atoms with Crippen LogP contribution in [-0.2, 0) is 13.0 Å². The van der Waals surface area contributed by atoms with E-state index in [1.807, 2.05) is 24.4 Å². The Morgan fingerprint density at radius 1 is 1.00 bits per heavy atom. The number of benzene rings is 2. The molecule has 1 aliphatic heterocycles. The van der Waals surface area contributed by atoms with Gasteiger partial charge in [-0.05, 0) is 60.7 Å². The highest BCUT2D eigenvalue weighted by atomic mass is 16.5. The molecule has 0 bridgehead atoms. The number of phenolic OH excluding ortho intramolecular Hbond substituents is 1. The molecule has 1 aliphatic rings. The molecule has 1 saturated heterocycles. The molecular formula is C28H32N4O3. The van der Waals surface area contributed by atoms with Crippen LogP contribution in [0.4, 0.5) is 0 Å². The largest absolute Gasteiger partial charge is 0.502 e. The van der Waals surface area contributed by atoms with Crippen LogP contribution in [0.25, 0.3) is 11.2 Å². The monoisotopic (exact) mass is 472 g/mol. The number of imidazole rings is 1. The molecule has 0 aliphatic carbocycles. The second-order valence-electron chi connectivity index (χ2n) is 9.20. The third-order valence-corrected chi connectivity index (χ3v) is 7.00. The molecule has 1 fully saturated rings. The van der Waals surface area contributed by atoms with Gasteiger partial charge in [-0.2, -0.15) is 0 Å². The molecule has 0 saturated carbocycles. The van der Waals surface area contributed by atoms with E-state index in [9.17, 15) is 5.11 Å². The molecule has 0 unspecified atom stereocenters. The van der Waals surface area contributed by atoms with E-state index < -0.39 is 0 Å². The standard InChI is InChI=1S/C28H32N4O3/c1-19-7-4-5-8-21(19)17-26-30-23-9-6-12-29-28(23)32(26)22-10-13-31(14-11-22)18-20-15-24(34-2)27(33)25(16-20)35-3/h4-9,12,15-16,22,33H,10-11,13-14,17-18H2,1-3H3. The summed E-state index contributed by atoms with van der Waals surface area (Å²) in [6.07, 6.45) is 4.71. The van der Waals surface area contributed by atoms with Crippen molar-refractivity contribution in [2.24, 2.45) is 0 Å². The fraction of sp³-hybridized carbons (Fsp3) is 0.357. The minimum absolute atomic E-state index is 0.0399. The molecule has 3 heterocycles. The molecule has 0 atom stereocenters. The lowest BCUT2D eigenvalue weighted by Gasteiger charge is -2.33. The Balaban J connectivity index is 1.35. The van der Waals surface area contributed by atoms with Crippen LogP contribution in [0.3, 0.4) is 0 Å². The third-order valence-electron chi connectivity index (χ3n) is 7.00. The van der Waals surface area contributed by atoms with Gasteiger partial charge < -0.3 is 19.1 Å². The Hall–Kier alpha value is -3.58. The van der Waals surface area contributed by atoms with E-state index >= 15 is 0 Å². The Labute approximate surface area is 206 Å². The smallest absolute Gasteiger partial charge is 0.200 e. The number of aromatic nitrogens is 3. The summed E-state index contributed by atoms with van der Waals surface area (Å²) in [6, 6.07) is 16.7. The summed E-state index contributed by atoms with van der Waals surface area (Å²) < 4.78 is 13.0. The van der Waals surface area contributed by atoms with Crippen LogP contribution in [0.2, 0.25) is 0 Å². The molecule has 7 heteroatoms. The van der Waals surface area contributed by atoms with Crippen molar-refractivity contribution < 1.29 is 14.6 Å². The molecule has 5 rings (SSSR count). The predicted molar refractivity (Wildman–Crippen MR) is 136 cm³/mol. The minimum atomic E-state index is 0.0399. The zero-order valence-electron chi connectivity index (χ0n) is 20.6. The second-order valence-corrected chi connectivity index (χ2v) is 9.20. The lowest BCUT2D eigenvalue weighted by Crippen LogP contribution is -2.34. The molecule has 2 aromatic carbocycles. The van der Waals surface area contributed by atoms with Gasteiger partial charge in [-0.25, -0.2) is 9.97 Å². The van der Waals surface area contributed by atoms with Crippen molar-refractivity contribution in [2.75, 3.05) is 27.3 Å². The average Bonchev–Trinajstić information content (AvgIpc) is 3.24. The van der Waals surface area contributed by atoms with Crippen LogP contribution >= 0.6 is 0 Å². The first-order valence-electron chi connectivity index (χ1n) is 12.1. The SMILES string of the molecule is COc1cc(CN2CCC(n3c(Cc4ccccc4C)nc4cccnc43)CC2)cc(OC)c1O. The number of hydrogen-bond acceptors (Lipinski definition) is 6. The Bertz CT molecular complexity index is 1300. The van der Waals surface area contributed by atoms with Crippen molar-refractivity contribution in [1.29, 1.82) is 0 Å². The number of likely N-dealkylation sites (tertiary alicyclic amines) is 1.